The lowest BCUT2D eigenvalue weighted by Crippen LogP contribution is -2.09. The molecule has 0 aliphatic heterocycles. The molecule has 2 aromatic heterocycles. The summed E-state index contributed by atoms with van der Waals surface area (Å²) >= 11 is 0. The van der Waals surface area contributed by atoms with Crippen LogP contribution in [0.3, 0.4) is 0 Å². The molecule has 0 aliphatic carbocycles. The standard InChI is InChI=1S/C14H15N7/c1-10(14-9-15-6-7-16-14)17-12-4-3-5-13(8-12)21-11(2)18-19-20-21/h3-10,17H,1-2H3. The lowest BCUT2D eigenvalue weighted by molar-refractivity contribution is 0.778. The summed E-state index contributed by atoms with van der Waals surface area (Å²) in [4.78, 5) is 8.38. The van der Waals surface area contributed by atoms with Crippen LogP contribution in [-0.2, 0) is 0 Å². The van der Waals surface area contributed by atoms with Crippen molar-refractivity contribution < 1.29 is 0 Å². The first-order chi connectivity index (χ1) is 10.2. The number of nitrogens with one attached hydrogen (secondary N) is 1. The highest BCUT2D eigenvalue weighted by atomic mass is 15.5. The zero-order valence-corrected chi connectivity index (χ0v) is 11.8. The van der Waals surface area contributed by atoms with Gasteiger partial charge in [0.05, 0.1) is 23.6 Å². The molecule has 0 saturated carbocycles. The number of benzene rings is 1. The van der Waals surface area contributed by atoms with Crippen LogP contribution in [0.25, 0.3) is 5.69 Å². The quantitative estimate of drug-likeness (QED) is 0.787. The van der Waals surface area contributed by atoms with Crippen molar-refractivity contribution >= 4 is 5.69 Å². The average molecular weight is 281 g/mol. The molecular formula is C14H15N7. The SMILES string of the molecule is Cc1nnnn1-c1cccc(NC(C)c2cnccn2)c1. The Bertz CT molecular complexity index is 723. The van der Waals surface area contributed by atoms with E-state index in [1.165, 1.54) is 0 Å². The average Bonchev–Trinajstić information content (AvgIpc) is 2.94. The molecule has 1 N–H and O–H groups in total. The minimum atomic E-state index is 0.0592. The zero-order valence-electron chi connectivity index (χ0n) is 11.8. The number of hydrogen-bond donors (Lipinski definition) is 1. The molecule has 0 spiro atoms. The summed E-state index contributed by atoms with van der Waals surface area (Å²) in [5.74, 6) is 0.745. The number of anilines is 1. The van der Waals surface area contributed by atoms with Crippen molar-refractivity contribution in [3.05, 3.63) is 54.4 Å². The predicted octanol–water partition coefficient (Wildman–Crippen LogP) is 1.93. The maximum Gasteiger partial charge on any atom is 0.153 e. The molecule has 2 heterocycles. The van der Waals surface area contributed by atoms with Crippen LogP contribution in [0.4, 0.5) is 5.69 Å². The van der Waals surface area contributed by atoms with Crippen LogP contribution in [-0.4, -0.2) is 30.2 Å². The molecule has 0 fully saturated rings. The first kappa shape index (κ1) is 13.2. The molecule has 106 valence electrons. The molecule has 3 aromatic rings. The summed E-state index contributed by atoms with van der Waals surface area (Å²) in [6.45, 7) is 3.90. The fraction of sp³-hybridized carbons (Fsp3) is 0.214. The fourth-order valence-electron chi connectivity index (χ4n) is 2.06. The van der Waals surface area contributed by atoms with Gasteiger partial charge in [-0.15, -0.1) is 5.10 Å². The molecule has 7 nitrogen and oxygen atoms in total. The Labute approximate surface area is 122 Å². The van der Waals surface area contributed by atoms with Crippen LogP contribution in [0, 0.1) is 6.92 Å². The largest absolute Gasteiger partial charge is 0.377 e. The van der Waals surface area contributed by atoms with Crippen molar-refractivity contribution in [1.29, 1.82) is 0 Å². The minimum Gasteiger partial charge on any atom is -0.377 e. The Morgan fingerprint density at radius 3 is 2.86 bits per heavy atom. The van der Waals surface area contributed by atoms with Crippen LogP contribution in [0.15, 0.2) is 42.9 Å². The Balaban J connectivity index is 1.82. The van der Waals surface area contributed by atoms with Gasteiger partial charge in [0.25, 0.3) is 0 Å². The molecule has 0 amide bonds. The topological polar surface area (TPSA) is 81.4 Å². The van der Waals surface area contributed by atoms with Crippen molar-refractivity contribution in [1.82, 2.24) is 30.2 Å². The first-order valence-electron chi connectivity index (χ1n) is 6.62. The van der Waals surface area contributed by atoms with E-state index < -0.39 is 0 Å². The third kappa shape index (κ3) is 2.86. The second kappa shape index (κ2) is 5.66. The number of rotatable bonds is 4. The smallest absolute Gasteiger partial charge is 0.153 e. The van der Waals surface area contributed by atoms with Crippen molar-refractivity contribution in [3.63, 3.8) is 0 Å². The van der Waals surface area contributed by atoms with Gasteiger partial charge in [-0.2, -0.15) is 4.68 Å². The molecule has 0 bridgehead atoms. The predicted molar refractivity (Wildman–Crippen MR) is 78.0 cm³/mol. The second-order valence-corrected chi connectivity index (χ2v) is 4.68. The number of aromatic nitrogens is 6. The van der Waals surface area contributed by atoms with Gasteiger partial charge >= 0.3 is 0 Å². The van der Waals surface area contributed by atoms with Crippen molar-refractivity contribution in [2.24, 2.45) is 0 Å². The number of tetrazole rings is 1. The van der Waals surface area contributed by atoms with Crippen molar-refractivity contribution in [3.8, 4) is 5.69 Å². The van der Waals surface area contributed by atoms with Crippen LogP contribution < -0.4 is 5.32 Å². The number of hydrogen-bond acceptors (Lipinski definition) is 6. The molecule has 1 atom stereocenters. The summed E-state index contributed by atoms with van der Waals surface area (Å²) < 4.78 is 1.69. The van der Waals surface area contributed by atoms with Crippen LogP contribution in [0.2, 0.25) is 0 Å². The molecule has 0 radical (unpaired) electrons. The normalized spacial score (nSPS) is 12.1. The maximum absolute atomic E-state index is 4.30. The Hall–Kier alpha value is -2.83. The lowest BCUT2D eigenvalue weighted by Gasteiger charge is -2.15. The van der Waals surface area contributed by atoms with Gasteiger partial charge in [0, 0.05) is 18.1 Å². The molecule has 1 unspecified atom stereocenters. The zero-order chi connectivity index (χ0) is 14.7. The Morgan fingerprint density at radius 2 is 2.14 bits per heavy atom. The van der Waals surface area contributed by atoms with Gasteiger partial charge in [-0.25, -0.2) is 0 Å². The summed E-state index contributed by atoms with van der Waals surface area (Å²) in [7, 11) is 0. The van der Waals surface area contributed by atoms with Crippen molar-refractivity contribution in [2.45, 2.75) is 19.9 Å². The van der Waals surface area contributed by atoms with Gasteiger partial charge in [0.15, 0.2) is 5.82 Å². The van der Waals surface area contributed by atoms with Crippen LogP contribution in [0.5, 0.6) is 0 Å². The highest BCUT2D eigenvalue weighted by Crippen LogP contribution is 2.19. The summed E-state index contributed by atoms with van der Waals surface area (Å²) in [5.41, 5.74) is 2.77. The Morgan fingerprint density at radius 1 is 1.24 bits per heavy atom. The molecule has 7 heteroatoms. The number of aryl methyl sites for hydroxylation is 1. The second-order valence-electron chi connectivity index (χ2n) is 4.68. The van der Waals surface area contributed by atoms with E-state index in [4.69, 9.17) is 0 Å². The third-order valence-corrected chi connectivity index (χ3v) is 3.13. The highest BCUT2D eigenvalue weighted by molar-refractivity contribution is 5.51. The number of nitrogens with zero attached hydrogens (tertiary/aromatic N) is 6. The van der Waals surface area contributed by atoms with E-state index in [1.54, 1.807) is 23.3 Å². The molecule has 1 aromatic carbocycles. The molecule has 0 saturated heterocycles. The van der Waals surface area contributed by atoms with E-state index in [9.17, 15) is 0 Å². The maximum atomic E-state index is 4.30. The van der Waals surface area contributed by atoms with E-state index in [2.05, 4.69) is 30.8 Å². The molecular weight excluding hydrogens is 266 g/mol. The van der Waals surface area contributed by atoms with Gasteiger partial charge in [-0.1, -0.05) is 6.07 Å². The molecule has 21 heavy (non-hydrogen) atoms. The molecule has 3 rings (SSSR count). The van der Waals surface area contributed by atoms with E-state index in [0.29, 0.717) is 0 Å². The summed E-state index contributed by atoms with van der Waals surface area (Å²) in [6, 6.07) is 7.97. The van der Waals surface area contributed by atoms with E-state index in [1.807, 2.05) is 38.1 Å². The van der Waals surface area contributed by atoms with Gasteiger partial charge in [-0.05, 0) is 42.5 Å². The van der Waals surface area contributed by atoms with Gasteiger partial charge < -0.3 is 5.32 Å². The summed E-state index contributed by atoms with van der Waals surface area (Å²) in [6.07, 6.45) is 5.11. The van der Waals surface area contributed by atoms with Crippen LogP contribution >= 0.6 is 0 Å². The third-order valence-electron chi connectivity index (χ3n) is 3.13. The summed E-state index contributed by atoms with van der Waals surface area (Å²) in [5, 5.41) is 14.9. The monoisotopic (exact) mass is 281 g/mol. The van der Waals surface area contributed by atoms with E-state index in [-0.39, 0.29) is 6.04 Å². The molecule has 0 aliphatic rings. The fourth-order valence-corrected chi connectivity index (χ4v) is 2.06. The van der Waals surface area contributed by atoms with Gasteiger partial charge in [-0.3, -0.25) is 9.97 Å². The van der Waals surface area contributed by atoms with Crippen LogP contribution in [0.1, 0.15) is 24.5 Å². The highest BCUT2D eigenvalue weighted by Gasteiger charge is 2.08. The first-order valence-corrected chi connectivity index (χ1v) is 6.62. The van der Waals surface area contributed by atoms with E-state index >= 15 is 0 Å². The van der Waals surface area contributed by atoms with Gasteiger partial charge in [0.1, 0.15) is 0 Å². The Kier molecular flexibility index (Phi) is 3.55. The van der Waals surface area contributed by atoms with Crippen molar-refractivity contribution in [2.75, 3.05) is 5.32 Å². The van der Waals surface area contributed by atoms with Gasteiger partial charge in [0.2, 0.25) is 0 Å². The van der Waals surface area contributed by atoms with E-state index in [0.717, 1.165) is 22.9 Å². The minimum absolute atomic E-state index is 0.0592. The lowest BCUT2D eigenvalue weighted by atomic mass is 10.2.